The van der Waals surface area contributed by atoms with E-state index >= 15 is 0 Å². The summed E-state index contributed by atoms with van der Waals surface area (Å²) >= 11 is 6.13. The summed E-state index contributed by atoms with van der Waals surface area (Å²) in [6.45, 7) is 3.77. The predicted molar refractivity (Wildman–Crippen MR) is 81.5 cm³/mol. The van der Waals surface area contributed by atoms with Crippen molar-refractivity contribution in [2.45, 2.75) is 39.0 Å². The molecule has 0 fully saturated rings. The van der Waals surface area contributed by atoms with Crippen LogP contribution in [-0.4, -0.2) is 42.3 Å². The molecule has 5 nitrogen and oxygen atoms in total. The number of benzene rings is 1. The molecule has 0 aliphatic rings. The molecule has 0 unspecified atom stereocenters. The molecule has 0 bridgehead atoms. The van der Waals surface area contributed by atoms with Gasteiger partial charge in [-0.25, -0.2) is 4.79 Å². The Morgan fingerprint density at radius 1 is 1.43 bits per heavy atom. The highest BCUT2D eigenvalue weighted by atomic mass is 35.5. The van der Waals surface area contributed by atoms with E-state index in [-0.39, 0.29) is 12.8 Å². The molecule has 0 saturated carbocycles. The van der Waals surface area contributed by atoms with Crippen LogP contribution in [0.5, 0.6) is 0 Å². The second kappa shape index (κ2) is 8.87. The second-order valence-corrected chi connectivity index (χ2v) is 5.18. The van der Waals surface area contributed by atoms with Crippen LogP contribution in [0, 0.1) is 0 Å². The average Bonchev–Trinajstić information content (AvgIpc) is 2.45. The summed E-state index contributed by atoms with van der Waals surface area (Å²) in [6, 6.07) is 7.17. The molecule has 1 amide bonds. The number of nitrogens with zero attached hydrogens (tertiary/aromatic N) is 1. The van der Waals surface area contributed by atoms with Crippen molar-refractivity contribution in [2.24, 2.45) is 0 Å². The van der Waals surface area contributed by atoms with Gasteiger partial charge in [-0.2, -0.15) is 0 Å². The zero-order valence-electron chi connectivity index (χ0n) is 12.6. The molecule has 0 aromatic heterocycles. The van der Waals surface area contributed by atoms with Crippen molar-refractivity contribution in [2.75, 3.05) is 13.9 Å². The van der Waals surface area contributed by atoms with Gasteiger partial charge in [0, 0.05) is 18.2 Å². The van der Waals surface area contributed by atoms with Gasteiger partial charge in [-0.05, 0) is 31.4 Å². The van der Waals surface area contributed by atoms with Gasteiger partial charge in [-0.15, -0.1) is 0 Å². The fourth-order valence-electron chi connectivity index (χ4n) is 2.22. The summed E-state index contributed by atoms with van der Waals surface area (Å²) in [5.41, 5.74) is 0.916. The van der Waals surface area contributed by atoms with E-state index < -0.39 is 12.3 Å². The first kappa shape index (κ1) is 17.8. The summed E-state index contributed by atoms with van der Waals surface area (Å²) in [5, 5.41) is 10.1. The van der Waals surface area contributed by atoms with Gasteiger partial charge in [0.15, 0.2) is 0 Å². The molecule has 0 saturated heterocycles. The highest BCUT2D eigenvalue weighted by molar-refractivity contribution is 6.31. The van der Waals surface area contributed by atoms with Crippen LogP contribution in [0.1, 0.15) is 25.8 Å². The lowest BCUT2D eigenvalue weighted by Gasteiger charge is -2.33. The average molecular weight is 316 g/mol. The number of carboxylic acid groups (broad SMARTS) is 1. The molecular formula is C15H22ClNO4. The van der Waals surface area contributed by atoms with Gasteiger partial charge in [-0.3, -0.25) is 4.90 Å². The lowest BCUT2D eigenvalue weighted by molar-refractivity contribution is -0.131. The fraction of sp³-hybridized carbons (Fsp3) is 0.533. The molecule has 0 aliphatic heterocycles. The van der Waals surface area contributed by atoms with Crippen LogP contribution in [-0.2, 0) is 15.9 Å². The quantitative estimate of drug-likeness (QED) is 0.745. The Labute approximate surface area is 130 Å². The Kier molecular flexibility index (Phi) is 7.50. The van der Waals surface area contributed by atoms with Crippen LogP contribution in [0.3, 0.4) is 0 Å². The first-order valence-corrected chi connectivity index (χ1v) is 7.24. The van der Waals surface area contributed by atoms with E-state index in [9.17, 15) is 9.90 Å². The molecule has 21 heavy (non-hydrogen) atoms. The standard InChI is InChI=1S/C15H22ClNO4/c1-4-14(21-10-20-3)17(15(18)19)11(2)9-12-7-5-6-8-13(12)16/h5-8,11,14H,4,9-10H2,1-3H3,(H,18,19)/t11-,14-/m0/s1. The second-order valence-electron chi connectivity index (χ2n) is 4.77. The number of carbonyl (C=O) groups is 1. The highest BCUT2D eigenvalue weighted by Gasteiger charge is 2.28. The van der Waals surface area contributed by atoms with Crippen molar-refractivity contribution in [3.8, 4) is 0 Å². The van der Waals surface area contributed by atoms with Crippen LogP contribution in [0.4, 0.5) is 4.79 Å². The van der Waals surface area contributed by atoms with Gasteiger partial charge in [0.2, 0.25) is 0 Å². The van der Waals surface area contributed by atoms with Crippen molar-refractivity contribution in [1.82, 2.24) is 4.90 Å². The normalized spacial score (nSPS) is 13.7. The van der Waals surface area contributed by atoms with Gasteiger partial charge in [0.25, 0.3) is 0 Å². The van der Waals surface area contributed by atoms with E-state index in [2.05, 4.69) is 0 Å². The Balaban J connectivity index is 2.84. The van der Waals surface area contributed by atoms with Crippen molar-refractivity contribution >= 4 is 17.7 Å². The number of halogens is 1. The van der Waals surface area contributed by atoms with Crippen LogP contribution in [0.2, 0.25) is 5.02 Å². The first-order chi connectivity index (χ1) is 10.0. The minimum Gasteiger partial charge on any atom is -0.465 e. The fourth-order valence-corrected chi connectivity index (χ4v) is 2.43. The predicted octanol–water partition coefficient (Wildman–Crippen LogP) is 3.61. The first-order valence-electron chi connectivity index (χ1n) is 6.86. The van der Waals surface area contributed by atoms with Gasteiger partial charge < -0.3 is 14.6 Å². The Morgan fingerprint density at radius 3 is 2.62 bits per heavy atom. The molecule has 1 N–H and O–H groups in total. The number of ether oxygens (including phenoxy) is 2. The third kappa shape index (κ3) is 5.19. The maximum atomic E-state index is 11.6. The van der Waals surface area contributed by atoms with Crippen LogP contribution in [0.25, 0.3) is 0 Å². The molecule has 1 rings (SSSR count). The highest BCUT2D eigenvalue weighted by Crippen LogP contribution is 2.20. The lowest BCUT2D eigenvalue weighted by atomic mass is 10.1. The Morgan fingerprint density at radius 2 is 2.10 bits per heavy atom. The van der Waals surface area contributed by atoms with Gasteiger partial charge in [0.05, 0.1) is 0 Å². The third-order valence-electron chi connectivity index (χ3n) is 3.21. The summed E-state index contributed by atoms with van der Waals surface area (Å²) in [5.74, 6) is 0. The Bertz CT molecular complexity index is 455. The number of amides is 1. The summed E-state index contributed by atoms with van der Waals surface area (Å²) < 4.78 is 10.3. The topological polar surface area (TPSA) is 59.0 Å². The number of hydrogen-bond acceptors (Lipinski definition) is 3. The third-order valence-corrected chi connectivity index (χ3v) is 3.58. The van der Waals surface area contributed by atoms with E-state index in [4.69, 9.17) is 21.1 Å². The molecule has 0 radical (unpaired) electrons. The SMILES string of the molecule is CC[C@H](OCOC)N(C(=O)O)[C@@H](C)Cc1ccccc1Cl. The summed E-state index contributed by atoms with van der Waals surface area (Å²) in [6.07, 6.45) is -0.487. The largest absolute Gasteiger partial charge is 0.465 e. The number of hydrogen-bond donors (Lipinski definition) is 1. The van der Waals surface area contributed by atoms with Crippen molar-refractivity contribution in [1.29, 1.82) is 0 Å². The van der Waals surface area contributed by atoms with E-state index in [1.807, 2.05) is 32.0 Å². The van der Waals surface area contributed by atoms with Crippen LogP contribution < -0.4 is 0 Å². The molecule has 6 heteroatoms. The van der Waals surface area contributed by atoms with Crippen LogP contribution in [0.15, 0.2) is 24.3 Å². The number of rotatable bonds is 8. The zero-order valence-corrected chi connectivity index (χ0v) is 13.3. The lowest BCUT2D eigenvalue weighted by Crippen LogP contribution is -2.47. The van der Waals surface area contributed by atoms with E-state index in [1.165, 1.54) is 12.0 Å². The van der Waals surface area contributed by atoms with E-state index in [0.29, 0.717) is 17.9 Å². The zero-order chi connectivity index (χ0) is 15.8. The van der Waals surface area contributed by atoms with Gasteiger partial charge >= 0.3 is 6.09 Å². The van der Waals surface area contributed by atoms with E-state index in [0.717, 1.165) is 5.56 Å². The minimum absolute atomic E-state index is 0.0566. The van der Waals surface area contributed by atoms with Crippen LogP contribution >= 0.6 is 11.6 Å². The molecule has 118 valence electrons. The van der Waals surface area contributed by atoms with Gasteiger partial charge in [0.1, 0.15) is 13.0 Å². The Hall–Kier alpha value is -1.30. The van der Waals surface area contributed by atoms with E-state index in [1.54, 1.807) is 6.07 Å². The molecular weight excluding hydrogens is 294 g/mol. The maximum absolute atomic E-state index is 11.6. The molecule has 0 heterocycles. The molecule has 1 aromatic carbocycles. The van der Waals surface area contributed by atoms with Crippen molar-refractivity contribution in [3.63, 3.8) is 0 Å². The number of methoxy groups -OCH3 is 1. The molecule has 2 atom stereocenters. The van der Waals surface area contributed by atoms with Crippen molar-refractivity contribution < 1.29 is 19.4 Å². The summed E-state index contributed by atoms with van der Waals surface area (Å²) in [4.78, 5) is 12.9. The molecule has 0 aliphatic carbocycles. The van der Waals surface area contributed by atoms with Crippen molar-refractivity contribution in [3.05, 3.63) is 34.9 Å². The molecule has 0 spiro atoms. The smallest absolute Gasteiger partial charge is 0.409 e. The van der Waals surface area contributed by atoms with Gasteiger partial charge in [-0.1, -0.05) is 36.7 Å². The molecule has 1 aromatic rings. The monoisotopic (exact) mass is 315 g/mol. The minimum atomic E-state index is -1.02. The maximum Gasteiger partial charge on any atom is 0.409 e. The summed E-state index contributed by atoms with van der Waals surface area (Å²) in [7, 11) is 1.50.